The third kappa shape index (κ3) is 4.99. The fraction of sp³-hybridized carbons (Fsp3) is 0.0800. The van der Waals surface area contributed by atoms with Crippen molar-refractivity contribution in [2.24, 2.45) is 0 Å². The maximum absolute atomic E-state index is 12.9. The van der Waals surface area contributed by atoms with Crippen LogP contribution < -0.4 is 20.1 Å². The zero-order valence-electron chi connectivity index (χ0n) is 17.8. The summed E-state index contributed by atoms with van der Waals surface area (Å²) in [6.45, 7) is 0. The molecule has 0 saturated heterocycles. The summed E-state index contributed by atoms with van der Waals surface area (Å²) in [5.41, 5.74) is 2.62. The van der Waals surface area contributed by atoms with Gasteiger partial charge in [-0.2, -0.15) is 0 Å². The van der Waals surface area contributed by atoms with E-state index in [1.54, 1.807) is 65.1 Å². The van der Waals surface area contributed by atoms with Crippen LogP contribution in [0.4, 0.5) is 0 Å². The first-order valence-electron chi connectivity index (χ1n) is 10.4. The number of nitrogens with zero attached hydrogens (tertiary/aromatic N) is 2. The number of carbonyl (C=O) groups is 1. The van der Waals surface area contributed by atoms with E-state index < -0.39 is 15.9 Å². The van der Waals surface area contributed by atoms with Crippen LogP contribution in [0.25, 0.3) is 22.1 Å². The zero-order chi connectivity index (χ0) is 24.6. The van der Waals surface area contributed by atoms with E-state index in [4.69, 9.17) is 39.5 Å². The van der Waals surface area contributed by atoms with Crippen LogP contribution in [0.2, 0.25) is 0 Å². The second kappa shape index (κ2) is 9.51. The van der Waals surface area contributed by atoms with Crippen LogP contribution in [0.3, 0.4) is 0 Å². The number of ether oxygens (including phenoxy) is 1. The molecule has 0 aliphatic carbocycles. The summed E-state index contributed by atoms with van der Waals surface area (Å²) in [4.78, 5) is 30.6. The minimum absolute atomic E-state index is 0.126. The Bertz CT molecular complexity index is 1630. The molecule has 3 aromatic carbocycles. The Labute approximate surface area is 218 Å². The smallest absolute Gasteiger partial charge is 0.274 e. The van der Waals surface area contributed by atoms with E-state index >= 15 is 0 Å². The maximum atomic E-state index is 12.9. The molecule has 0 aliphatic heterocycles. The number of thiazole rings is 1. The first kappa shape index (κ1) is 23.6. The van der Waals surface area contributed by atoms with Crippen molar-refractivity contribution >= 4 is 74.1 Å². The zero-order valence-corrected chi connectivity index (χ0v) is 20.9. The lowest BCUT2D eigenvalue weighted by Gasteiger charge is -2.26. The molecule has 0 aliphatic rings. The average Bonchev–Trinajstić information content (AvgIpc) is 3.35. The molecule has 0 bridgehead atoms. The number of amides is 1. The van der Waals surface area contributed by atoms with Crippen LogP contribution in [0, 0.1) is 0 Å². The molecule has 10 heteroatoms. The molecule has 5 rings (SSSR count). The molecule has 1 amide bonds. The molecular weight excluding hydrogens is 529 g/mol. The monoisotopic (exact) mass is 543 g/mol. The summed E-state index contributed by atoms with van der Waals surface area (Å²) in [7, 11) is 0. The Kier molecular flexibility index (Phi) is 6.42. The fourth-order valence-corrected chi connectivity index (χ4v) is 4.80. The molecule has 0 fully saturated rings. The maximum Gasteiger partial charge on any atom is 0.274 e. The molecule has 0 spiro atoms. The van der Waals surface area contributed by atoms with Crippen molar-refractivity contribution in [1.82, 2.24) is 14.7 Å². The second-order valence-electron chi connectivity index (χ2n) is 7.58. The SMILES string of the molecule is O=C(N[C@@H](Oc1ccc(/C=c2\sc3nc4ccccc4n3c2=O)cc1)C(Cl)(Cl)Cl)c1ccccc1. The lowest BCUT2D eigenvalue weighted by atomic mass is 10.2. The summed E-state index contributed by atoms with van der Waals surface area (Å²) in [5, 5.41) is 2.60. The molecule has 0 saturated carbocycles. The fourth-order valence-electron chi connectivity index (χ4n) is 3.51. The quantitative estimate of drug-likeness (QED) is 0.251. The van der Waals surface area contributed by atoms with Crippen molar-refractivity contribution < 1.29 is 9.53 Å². The van der Waals surface area contributed by atoms with Crippen molar-refractivity contribution in [3.05, 3.63) is 105 Å². The number of hydrogen-bond acceptors (Lipinski definition) is 5. The Hall–Kier alpha value is -3.10. The van der Waals surface area contributed by atoms with Crippen LogP contribution in [-0.2, 0) is 0 Å². The molecule has 2 aromatic heterocycles. The number of para-hydroxylation sites is 2. The van der Waals surface area contributed by atoms with E-state index in [1.165, 1.54) is 11.3 Å². The van der Waals surface area contributed by atoms with Crippen LogP contribution in [-0.4, -0.2) is 25.3 Å². The van der Waals surface area contributed by atoms with Crippen molar-refractivity contribution in [3.63, 3.8) is 0 Å². The number of imidazole rings is 1. The van der Waals surface area contributed by atoms with E-state index in [1.807, 2.05) is 24.3 Å². The number of alkyl halides is 3. The van der Waals surface area contributed by atoms with E-state index in [0.29, 0.717) is 20.8 Å². The standard InChI is InChI=1S/C25H16Cl3N3O3S/c26-25(27,28)23(30-21(32)16-6-2-1-3-7-16)34-17-12-10-15(11-13-17)14-20-22(33)31-19-9-5-4-8-18(19)29-24(31)35-20/h1-14,23H,(H,30,32)/b20-14-/t23-/m0/s1. The largest absolute Gasteiger partial charge is 0.466 e. The summed E-state index contributed by atoms with van der Waals surface area (Å²) >= 11 is 19.5. The number of hydrogen-bond donors (Lipinski definition) is 1. The van der Waals surface area contributed by atoms with Crippen molar-refractivity contribution in [1.29, 1.82) is 0 Å². The number of aromatic nitrogens is 2. The number of halogens is 3. The first-order chi connectivity index (χ1) is 16.8. The molecular formula is C25H16Cl3N3O3S. The van der Waals surface area contributed by atoms with Gasteiger partial charge in [-0.15, -0.1) is 0 Å². The van der Waals surface area contributed by atoms with Gasteiger partial charge >= 0.3 is 0 Å². The Balaban J connectivity index is 1.38. The van der Waals surface area contributed by atoms with Crippen LogP contribution >= 0.6 is 46.1 Å². The van der Waals surface area contributed by atoms with E-state index in [-0.39, 0.29) is 5.56 Å². The highest BCUT2D eigenvalue weighted by molar-refractivity contribution is 7.15. The van der Waals surface area contributed by atoms with Crippen LogP contribution in [0.15, 0.2) is 83.7 Å². The van der Waals surface area contributed by atoms with Gasteiger partial charge in [0.05, 0.1) is 15.6 Å². The Morgan fingerprint density at radius 3 is 2.40 bits per heavy atom. The molecule has 0 unspecified atom stereocenters. The van der Waals surface area contributed by atoms with Gasteiger partial charge in [0.15, 0.2) is 4.96 Å². The number of benzene rings is 3. The van der Waals surface area contributed by atoms with Crippen molar-refractivity contribution in [2.75, 3.05) is 0 Å². The van der Waals surface area contributed by atoms with Crippen LogP contribution in [0.5, 0.6) is 5.75 Å². The van der Waals surface area contributed by atoms with Gasteiger partial charge in [-0.25, -0.2) is 9.38 Å². The minimum atomic E-state index is -1.92. The van der Waals surface area contributed by atoms with E-state index in [9.17, 15) is 9.59 Å². The highest BCUT2D eigenvalue weighted by Crippen LogP contribution is 2.32. The summed E-state index contributed by atoms with van der Waals surface area (Å²) in [6.07, 6.45) is 0.547. The van der Waals surface area contributed by atoms with Gasteiger partial charge in [-0.05, 0) is 48.0 Å². The summed E-state index contributed by atoms with van der Waals surface area (Å²) in [5.74, 6) is -0.0637. The summed E-state index contributed by atoms with van der Waals surface area (Å²) in [6, 6.07) is 22.9. The van der Waals surface area contributed by atoms with Gasteiger partial charge in [0.2, 0.25) is 10.0 Å². The molecule has 176 valence electrons. The molecule has 2 heterocycles. The van der Waals surface area contributed by atoms with E-state index in [0.717, 1.165) is 16.6 Å². The molecule has 35 heavy (non-hydrogen) atoms. The van der Waals surface area contributed by atoms with Gasteiger partial charge in [-0.1, -0.05) is 88.6 Å². The summed E-state index contributed by atoms with van der Waals surface area (Å²) < 4.78 is 6.03. The number of fused-ring (bicyclic) bond motifs is 3. The average molecular weight is 545 g/mol. The number of carbonyl (C=O) groups excluding carboxylic acids is 1. The van der Waals surface area contributed by atoms with Gasteiger partial charge in [-0.3, -0.25) is 9.59 Å². The molecule has 5 aromatic rings. The lowest BCUT2D eigenvalue weighted by molar-refractivity contribution is 0.0833. The predicted octanol–water partition coefficient (Wildman–Crippen LogP) is 4.96. The van der Waals surface area contributed by atoms with Gasteiger partial charge in [0, 0.05) is 5.56 Å². The van der Waals surface area contributed by atoms with Crippen LogP contribution in [0.1, 0.15) is 15.9 Å². The normalized spacial score (nSPS) is 13.3. The van der Waals surface area contributed by atoms with E-state index in [2.05, 4.69) is 10.3 Å². The molecule has 0 radical (unpaired) electrons. The third-order valence-electron chi connectivity index (χ3n) is 5.17. The Morgan fingerprint density at radius 1 is 1.00 bits per heavy atom. The molecule has 6 nitrogen and oxygen atoms in total. The highest BCUT2D eigenvalue weighted by Gasteiger charge is 2.36. The first-order valence-corrected chi connectivity index (χ1v) is 12.4. The van der Waals surface area contributed by atoms with Gasteiger partial charge in [0.25, 0.3) is 11.5 Å². The highest BCUT2D eigenvalue weighted by atomic mass is 35.6. The van der Waals surface area contributed by atoms with Gasteiger partial charge in [0.1, 0.15) is 5.75 Å². The number of rotatable bonds is 5. The second-order valence-corrected chi connectivity index (χ2v) is 11.0. The number of nitrogens with one attached hydrogen (secondary N) is 1. The third-order valence-corrected chi connectivity index (χ3v) is 6.74. The van der Waals surface area contributed by atoms with Gasteiger partial charge < -0.3 is 10.1 Å². The molecule has 1 N–H and O–H groups in total. The Morgan fingerprint density at radius 2 is 1.69 bits per heavy atom. The molecule has 1 atom stereocenters. The van der Waals surface area contributed by atoms with Crippen molar-refractivity contribution in [2.45, 2.75) is 10.0 Å². The lowest BCUT2D eigenvalue weighted by Crippen LogP contribution is -2.47. The minimum Gasteiger partial charge on any atom is -0.466 e. The predicted molar refractivity (Wildman–Crippen MR) is 141 cm³/mol. The topological polar surface area (TPSA) is 72.7 Å². The van der Waals surface area contributed by atoms with Crippen molar-refractivity contribution in [3.8, 4) is 5.75 Å².